The second-order valence-electron chi connectivity index (χ2n) is 11.9. The largest absolute Gasteiger partial charge is 0.464 e. The summed E-state index contributed by atoms with van der Waals surface area (Å²) in [4.78, 5) is 25.9. The van der Waals surface area contributed by atoms with Crippen molar-refractivity contribution in [3.05, 3.63) is 0 Å². The summed E-state index contributed by atoms with van der Waals surface area (Å²) >= 11 is 0. The molecule has 0 spiro atoms. The molecule has 1 amide bonds. The van der Waals surface area contributed by atoms with Gasteiger partial charge >= 0.3 is 12.1 Å². The van der Waals surface area contributed by atoms with E-state index in [0.717, 1.165) is 38.5 Å². The Kier molecular flexibility index (Phi) is 14.1. The fourth-order valence-corrected chi connectivity index (χ4v) is 6.04. The van der Waals surface area contributed by atoms with E-state index in [1.807, 2.05) is 0 Å². The van der Waals surface area contributed by atoms with Gasteiger partial charge in [0.15, 0.2) is 0 Å². The number of unbranched alkanes of at least 4 members (excludes halogenated alkanes) is 10. The summed E-state index contributed by atoms with van der Waals surface area (Å²) in [6.07, 6.45) is 19.8. The Morgan fingerprint density at radius 2 is 1.46 bits per heavy atom. The van der Waals surface area contributed by atoms with Crippen molar-refractivity contribution >= 4 is 12.1 Å². The first-order valence-corrected chi connectivity index (χ1v) is 15.0. The van der Waals surface area contributed by atoms with Gasteiger partial charge in [0.2, 0.25) is 0 Å². The predicted molar refractivity (Wildman–Crippen MR) is 143 cm³/mol. The molecule has 0 aromatic heterocycles. The second-order valence-corrected chi connectivity index (χ2v) is 11.9. The Balaban J connectivity index is 1.67. The third-order valence-electron chi connectivity index (χ3n) is 8.39. The number of ether oxygens (including phenoxy) is 2. The highest BCUT2D eigenvalue weighted by atomic mass is 16.6. The topological polar surface area (TPSA) is 64.6 Å². The van der Waals surface area contributed by atoms with Crippen molar-refractivity contribution in [1.29, 1.82) is 0 Å². The van der Waals surface area contributed by atoms with Crippen LogP contribution in [-0.4, -0.2) is 30.3 Å². The predicted octanol–water partition coefficient (Wildman–Crippen LogP) is 8.34. The highest BCUT2D eigenvalue weighted by molar-refractivity contribution is 5.86. The maximum absolute atomic E-state index is 13.0. The van der Waals surface area contributed by atoms with Gasteiger partial charge in [-0.05, 0) is 49.9 Å². The van der Waals surface area contributed by atoms with Crippen LogP contribution in [0.2, 0.25) is 0 Å². The van der Waals surface area contributed by atoms with Crippen LogP contribution in [0.5, 0.6) is 0 Å². The summed E-state index contributed by atoms with van der Waals surface area (Å²) in [6.45, 7) is 9.35. The lowest BCUT2D eigenvalue weighted by molar-refractivity contribution is -0.151. The van der Waals surface area contributed by atoms with E-state index in [1.54, 1.807) is 0 Å². The summed E-state index contributed by atoms with van der Waals surface area (Å²) < 4.78 is 11.6. The summed E-state index contributed by atoms with van der Waals surface area (Å²) in [5.41, 5.74) is -0.900. The number of carbonyl (C=O) groups excluding carboxylic acids is 2. The number of hydrogen-bond donors (Lipinski definition) is 1. The Morgan fingerprint density at radius 3 is 2.03 bits per heavy atom. The number of amides is 1. The van der Waals surface area contributed by atoms with Crippen molar-refractivity contribution in [1.82, 2.24) is 5.32 Å². The average molecular weight is 494 g/mol. The number of carbonyl (C=O) groups is 2. The lowest BCUT2D eigenvalue weighted by atomic mass is 9.75. The lowest BCUT2D eigenvalue weighted by Gasteiger charge is -2.37. The minimum atomic E-state index is -0.900. The third-order valence-corrected chi connectivity index (χ3v) is 8.39. The van der Waals surface area contributed by atoms with Crippen molar-refractivity contribution < 1.29 is 19.1 Å². The molecule has 0 saturated heterocycles. The molecule has 0 aromatic carbocycles. The van der Waals surface area contributed by atoms with E-state index in [1.165, 1.54) is 64.2 Å². The molecule has 0 aromatic rings. The zero-order valence-electron chi connectivity index (χ0n) is 23.4. The normalized spacial score (nSPS) is 23.9. The number of hydrogen-bond acceptors (Lipinski definition) is 4. The molecule has 0 aliphatic heterocycles. The van der Waals surface area contributed by atoms with Crippen molar-refractivity contribution in [3.8, 4) is 0 Å². The molecule has 0 bridgehead atoms. The van der Waals surface area contributed by atoms with Gasteiger partial charge in [-0.1, -0.05) is 111 Å². The van der Waals surface area contributed by atoms with Crippen molar-refractivity contribution in [2.24, 2.45) is 17.8 Å². The zero-order valence-corrected chi connectivity index (χ0v) is 23.4. The van der Waals surface area contributed by atoms with Gasteiger partial charge in [-0.2, -0.15) is 0 Å². The van der Waals surface area contributed by atoms with Gasteiger partial charge in [0.1, 0.15) is 11.6 Å². The molecule has 5 nitrogen and oxygen atoms in total. The molecule has 1 N–H and O–H groups in total. The fourth-order valence-electron chi connectivity index (χ4n) is 6.04. The van der Waals surface area contributed by atoms with E-state index >= 15 is 0 Å². The van der Waals surface area contributed by atoms with Gasteiger partial charge in [-0.25, -0.2) is 9.59 Å². The van der Waals surface area contributed by atoms with E-state index in [0.29, 0.717) is 37.2 Å². The fraction of sp³-hybridized carbons (Fsp3) is 0.933. The first-order valence-electron chi connectivity index (χ1n) is 15.0. The smallest absolute Gasteiger partial charge is 0.408 e. The minimum absolute atomic E-state index is 0.0652. The Hall–Kier alpha value is -1.26. The highest BCUT2D eigenvalue weighted by Gasteiger charge is 2.45. The summed E-state index contributed by atoms with van der Waals surface area (Å²) in [6, 6.07) is 0. The molecule has 0 heterocycles. The summed E-state index contributed by atoms with van der Waals surface area (Å²) in [7, 11) is 0. The second kappa shape index (κ2) is 16.5. The number of nitrogens with one attached hydrogen (secondary N) is 1. The average Bonchev–Trinajstić information content (AvgIpc) is 3.29. The molecular formula is C30H55NO4. The molecule has 2 aliphatic carbocycles. The van der Waals surface area contributed by atoms with E-state index in [-0.39, 0.29) is 12.1 Å². The van der Waals surface area contributed by atoms with Gasteiger partial charge < -0.3 is 14.8 Å². The number of esters is 1. The maximum Gasteiger partial charge on any atom is 0.408 e. The van der Waals surface area contributed by atoms with Crippen LogP contribution >= 0.6 is 0 Å². The van der Waals surface area contributed by atoms with Crippen LogP contribution in [0, 0.1) is 17.8 Å². The molecule has 3 atom stereocenters. The highest BCUT2D eigenvalue weighted by Crippen LogP contribution is 2.36. The first kappa shape index (κ1) is 30.0. The van der Waals surface area contributed by atoms with Gasteiger partial charge in [0, 0.05) is 0 Å². The van der Waals surface area contributed by atoms with Crippen LogP contribution in [0.3, 0.4) is 0 Å². The van der Waals surface area contributed by atoms with Crippen molar-refractivity contribution in [2.75, 3.05) is 6.61 Å². The molecule has 2 rings (SSSR count). The third kappa shape index (κ3) is 10.7. The van der Waals surface area contributed by atoms with Crippen molar-refractivity contribution in [2.45, 2.75) is 155 Å². The van der Waals surface area contributed by atoms with Crippen LogP contribution in [-0.2, 0) is 14.3 Å². The zero-order chi connectivity index (χ0) is 25.5. The SMILES string of the molecule is CCCCCCCCCCCCCOC(=O)C1(NC(=O)OC2CC(C)CCC2C(C)C)CCCC1. The molecule has 0 radical (unpaired) electrons. The Bertz CT molecular complexity index is 599. The van der Waals surface area contributed by atoms with E-state index in [9.17, 15) is 9.59 Å². The number of alkyl carbamates (subject to hydrolysis) is 1. The molecular weight excluding hydrogens is 438 g/mol. The molecule has 2 aliphatic rings. The monoisotopic (exact) mass is 493 g/mol. The molecule has 204 valence electrons. The van der Waals surface area contributed by atoms with Crippen LogP contribution in [0.1, 0.15) is 143 Å². The van der Waals surface area contributed by atoms with Gasteiger partial charge in [-0.3, -0.25) is 0 Å². The molecule has 2 saturated carbocycles. The molecule has 2 fully saturated rings. The van der Waals surface area contributed by atoms with Gasteiger partial charge in [0.25, 0.3) is 0 Å². The maximum atomic E-state index is 13.0. The number of rotatable bonds is 16. The first-order chi connectivity index (χ1) is 16.9. The molecule has 3 unspecified atom stereocenters. The standard InChI is InChI=1S/C30H55NO4/c1-5-6-7-8-9-10-11-12-13-14-17-22-34-28(32)30(20-15-16-21-30)31-29(33)35-27-23-25(4)18-19-26(27)24(2)3/h24-27H,5-23H2,1-4H3,(H,31,33). The lowest BCUT2D eigenvalue weighted by Crippen LogP contribution is -2.54. The Labute approximate surface area is 215 Å². The van der Waals surface area contributed by atoms with Crippen LogP contribution < -0.4 is 5.32 Å². The molecule has 5 heteroatoms. The van der Waals surface area contributed by atoms with Crippen molar-refractivity contribution in [3.63, 3.8) is 0 Å². The summed E-state index contributed by atoms with van der Waals surface area (Å²) in [5.74, 6) is 1.18. The molecule has 35 heavy (non-hydrogen) atoms. The van der Waals surface area contributed by atoms with E-state index in [2.05, 4.69) is 33.0 Å². The summed E-state index contributed by atoms with van der Waals surface area (Å²) in [5, 5.41) is 2.97. The Morgan fingerprint density at radius 1 is 0.886 bits per heavy atom. The van der Waals surface area contributed by atoms with Crippen LogP contribution in [0.4, 0.5) is 4.79 Å². The van der Waals surface area contributed by atoms with Gasteiger partial charge in [0.05, 0.1) is 6.61 Å². The quantitative estimate of drug-likeness (QED) is 0.173. The minimum Gasteiger partial charge on any atom is -0.464 e. The van der Waals surface area contributed by atoms with E-state index in [4.69, 9.17) is 9.47 Å². The van der Waals surface area contributed by atoms with E-state index < -0.39 is 11.6 Å². The van der Waals surface area contributed by atoms with Crippen LogP contribution in [0.25, 0.3) is 0 Å². The van der Waals surface area contributed by atoms with Gasteiger partial charge in [-0.15, -0.1) is 0 Å². The van der Waals surface area contributed by atoms with Crippen LogP contribution in [0.15, 0.2) is 0 Å².